The van der Waals surface area contributed by atoms with Crippen molar-refractivity contribution in [3.63, 3.8) is 0 Å². The summed E-state index contributed by atoms with van der Waals surface area (Å²) >= 11 is 0. The molecular formula is C13H14F3NO2. The van der Waals surface area contributed by atoms with Crippen molar-refractivity contribution >= 4 is 5.91 Å². The van der Waals surface area contributed by atoms with Gasteiger partial charge < -0.3 is 10.0 Å². The number of halogens is 3. The Morgan fingerprint density at radius 2 is 1.95 bits per heavy atom. The van der Waals surface area contributed by atoms with Crippen molar-refractivity contribution in [3.8, 4) is 0 Å². The van der Waals surface area contributed by atoms with Gasteiger partial charge >= 0.3 is 6.18 Å². The Balaban J connectivity index is 1.98. The minimum Gasteiger partial charge on any atom is -0.391 e. The molecule has 1 aliphatic rings. The van der Waals surface area contributed by atoms with Crippen LogP contribution in [0.5, 0.6) is 0 Å². The van der Waals surface area contributed by atoms with Crippen molar-refractivity contribution in [2.24, 2.45) is 0 Å². The average molecular weight is 273 g/mol. The second kappa shape index (κ2) is 5.21. The molecule has 0 bridgehead atoms. The van der Waals surface area contributed by atoms with Gasteiger partial charge in [-0.15, -0.1) is 0 Å². The Bertz CT molecular complexity index is 456. The normalized spacial score (nSPS) is 19.8. The highest BCUT2D eigenvalue weighted by atomic mass is 19.4. The molecule has 1 saturated heterocycles. The highest BCUT2D eigenvalue weighted by Gasteiger charge is 2.30. The monoisotopic (exact) mass is 273 g/mol. The van der Waals surface area contributed by atoms with Crippen molar-refractivity contribution in [1.29, 1.82) is 0 Å². The topological polar surface area (TPSA) is 40.5 Å². The maximum atomic E-state index is 12.4. The molecule has 0 spiro atoms. The van der Waals surface area contributed by atoms with Crippen LogP contribution in [0.2, 0.25) is 0 Å². The average Bonchev–Trinajstić information content (AvgIpc) is 2.75. The third kappa shape index (κ3) is 3.47. The maximum absolute atomic E-state index is 12.4. The van der Waals surface area contributed by atoms with Gasteiger partial charge in [0.2, 0.25) is 5.91 Å². The predicted molar refractivity (Wildman–Crippen MR) is 62.4 cm³/mol. The number of aliphatic hydroxyl groups is 1. The van der Waals surface area contributed by atoms with E-state index < -0.39 is 17.8 Å². The van der Waals surface area contributed by atoms with E-state index in [0.29, 0.717) is 25.1 Å². The van der Waals surface area contributed by atoms with Crippen molar-refractivity contribution in [1.82, 2.24) is 4.90 Å². The SMILES string of the molecule is O=C(Cc1ccc(C(F)(F)F)cc1)N1CCC(O)C1. The second-order valence-corrected chi connectivity index (χ2v) is 4.65. The number of β-amino-alcohol motifs (C(OH)–C–C–N with tert-alkyl or cyclic N) is 1. The van der Waals surface area contributed by atoms with Gasteiger partial charge in [0.05, 0.1) is 18.1 Å². The lowest BCUT2D eigenvalue weighted by atomic mass is 10.1. The number of carbonyl (C=O) groups is 1. The Morgan fingerprint density at radius 1 is 1.32 bits per heavy atom. The molecule has 1 fully saturated rings. The molecule has 1 unspecified atom stereocenters. The third-order valence-corrected chi connectivity index (χ3v) is 3.15. The number of likely N-dealkylation sites (tertiary alicyclic amines) is 1. The summed E-state index contributed by atoms with van der Waals surface area (Å²) in [5.74, 6) is -0.170. The smallest absolute Gasteiger partial charge is 0.391 e. The molecule has 1 amide bonds. The van der Waals surface area contributed by atoms with E-state index >= 15 is 0 Å². The summed E-state index contributed by atoms with van der Waals surface area (Å²) in [4.78, 5) is 13.4. The molecule has 19 heavy (non-hydrogen) atoms. The molecule has 1 heterocycles. The fraction of sp³-hybridized carbons (Fsp3) is 0.462. The number of carbonyl (C=O) groups excluding carboxylic acids is 1. The molecular weight excluding hydrogens is 259 g/mol. The molecule has 0 aromatic heterocycles. The van der Waals surface area contributed by atoms with Gasteiger partial charge in [0.25, 0.3) is 0 Å². The first-order chi connectivity index (χ1) is 8.86. The van der Waals surface area contributed by atoms with Crippen LogP contribution in [0.25, 0.3) is 0 Å². The number of alkyl halides is 3. The standard InChI is InChI=1S/C13H14F3NO2/c14-13(15,16)10-3-1-9(2-4-10)7-12(19)17-6-5-11(18)8-17/h1-4,11,18H,5-8H2. The summed E-state index contributed by atoms with van der Waals surface area (Å²) in [7, 11) is 0. The molecule has 1 aromatic rings. The van der Waals surface area contributed by atoms with Gasteiger partial charge in [-0.2, -0.15) is 13.2 Å². The Hall–Kier alpha value is -1.56. The summed E-state index contributed by atoms with van der Waals surface area (Å²) in [5.41, 5.74) is -0.181. The van der Waals surface area contributed by atoms with Gasteiger partial charge in [0.15, 0.2) is 0 Å². The molecule has 0 aliphatic carbocycles. The van der Waals surface area contributed by atoms with E-state index in [0.717, 1.165) is 12.1 Å². The van der Waals surface area contributed by atoms with Crippen molar-refractivity contribution in [2.45, 2.75) is 25.1 Å². The van der Waals surface area contributed by atoms with Crippen LogP contribution >= 0.6 is 0 Å². The number of hydrogen-bond acceptors (Lipinski definition) is 2. The summed E-state index contributed by atoms with van der Waals surface area (Å²) in [5, 5.41) is 9.32. The molecule has 6 heteroatoms. The van der Waals surface area contributed by atoms with Crippen molar-refractivity contribution < 1.29 is 23.1 Å². The predicted octanol–water partition coefficient (Wildman–Crippen LogP) is 1.84. The van der Waals surface area contributed by atoms with Crippen LogP contribution in [0, 0.1) is 0 Å². The largest absolute Gasteiger partial charge is 0.416 e. The molecule has 1 atom stereocenters. The van der Waals surface area contributed by atoms with Crippen LogP contribution in [-0.4, -0.2) is 35.1 Å². The van der Waals surface area contributed by atoms with Crippen LogP contribution in [0.15, 0.2) is 24.3 Å². The Morgan fingerprint density at radius 3 is 2.42 bits per heavy atom. The van der Waals surface area contributed by atoms with E-state index in [-0.39, 0.29) is 12.3 Å². The van der Waals surface area contributed by atoms with E-state index in [2.05, 4.69) is 0 Å². The molecule has 1 N–H and O–H groups in total. The maximum Gasteiger partial charge on any atom is 0.416 e. The van der Waals surface area contributed by atoms with Gasteiger partial charge in [-0.3, -0.25) is 4.79 Å². The molecule has 2 rings (SSSR count). The van der Waals surface area contributed by atoms with E-state index in [1.807, 2.05) is 0 Å². The first-order valence-electron chi connectivity index (χ1n) is 5.98. The number of rotatable bonds is 2. The van der Waals surface area contributed by atoms with Gasteiger partial charge in [0, 0.05) is 13.1 Å². The third-order valence-electron chi connectivity index (χ3n) is 3.15. The Kier molecular flexibility index (Phi) is 3.80. The van der Waals surface area contributed by atoms with Gasteiger partial charge in [-0.05, 0) is 24.1 Å². The van der Waals surface area contributed by atoms with Crippen LogP contribution in [-0.2, 0) is 17.4 Å². The quantitative estimate of drug-likeness (QED) is 0.893. The zero-order valence-corrected chi connectivity index (χ0v) is 10.2. The van der Waals surface area contributed by atoms with Crippen LogP contribution in [0.3, 0.4) is 0 Å². The summed E-state index contributed by atoms with van der Waals surface area (Å²) < 4.78 is 37.1. The molecule has 3 nitrogen and oxygen atoms in total. The van der Waals surface area contributed by atoms with E-state index in [1.54, 1.807) is 0 Å². The molecule has 0 saturated carbocycles. The van der Waals surface area contributed by atoms with Crippen molar-refractivity contribution in [3.05, 3.63) is 35.4 Å². The lowest BCUT2D eigenvalue weighted by molar-refractivity contribution is -0.137. The first-order valence-corrected chi connectivity index (χ1v) is 5.98. The molecule has 104 valence electrons. The zero-order chi connectivity index (χ0) is 14.0. The van der Waals surface area contributed by atoms with Gasteiger partial charge in [-0.1, -0.05) is 12.1 Å². The fourth-order valence-corrected chi connectivity index (χ4v) is 2.07. The minimum absolute atomic E-state index is 0.0604. The summed E-state index contributed by atoms with van der Waals surface area (Å²) in [6.07, 6.45) is -4.23. The summed E-state index contributed by atoms with van der Waals surface area (Å²) in [6, 6.07) is 4.57. The number of hydrogen-bond donors (Lipinski definition) is 1. The van der Waals surface area contributed by atoms with Crippen LogP contribution in [0.4, 0.5) is 13.2 Å². The fourth-order valence-electron chi connectivity index (χ4n) is 2.07. The number of benzene rings is 1. The number of nitrogens with zero attached hydrogens (tertiary/aromatic N) is 1. The zero-order valence-electron chi connectivity index (χ0n) is 10.2. The van der Waals surface area contributed by atoms with Gasteiger partial charge in [0.1, 0.15) is 0 Å². The second-order valence-electron chi connectivity index (χ2n) is 4.65. The lowest BCUT2D eigenvalue weighted by Crippen LogP contribution is -2.30. The summed E-state index contributed by atoms with van der Waals surface area (Å²) in [6.45, 7) is 0.806. The molecule has 1 aliphatic heterocycles. The Labute approximate surface area is 108 Å². The number of aliphatic hydroxyl groups excluding tert-OH is 1. The van der Waals surface area contributed by atoms with Crippen LogP contribution < -0.4 is 0 Å². The van der Waals surface area contributed by atoms with E-state index in [1.165, 1.54) is 17.0 Å². The molecule has 0 radical (unpaired) electrons. The molecule has 1 aromatic carbocycles. The highest BCUT2D eigenvalue weighted by molar-refractivity contribution is 5.79. The van der Waals surface area contributed by atoms with Crippen LogP contribution in [0.1, 0.15) is 17.5 Å². The van der Waals surface area contributed by atoms with E-state index in [9.17, 15) is 23.1 Å². The minimum atomic E-state index is -4.36. The number of amides is 1. The van der Waals surface area contributed by atoms with E-state index in [4.69, 9.17) is 0 Å². The first kappa shape index (κ1) is 13.9. The van der Waals surface area contributed by atoms with Crippen molar-refractivity contribution in [2.75, 3.05) is 13.1 Å². The van der Waals surface area contributed by atoms with Gasteiger partial charge in [-0.25, -0.2) is 0 Å². The lowest BCUT2D eigenvalue weighted by Gasteiger charge is -2.15. The highest BCUT2D eigenvalue weighted by Crippen LogP contribution is 2.29.